The van der Waals surface area contributed by atoms with Gasteiger partial charge in [-0.15, -0.1) is 0 Å². The lowest BCUT2D eigenvalue weighted by Crippen LogP contribution is -2.42. The Morgan fingerprint density at radius 1 is 1.10 bits per heavy atom. The average Bonchev–Trinajstić information content (AvgIpc) is 2.55. The number of nitrogens with one attached hydrogen (secondary N) is 1. The van der Waals surface area contributed by atoms with Gasteiger partial charge in [-0.25, -0.2) is 0 Å². The van der Waals surface area contributed by atoms with Crippen LogP contribution in [0.5, 0.6) is 0 Å². The monoisotopic (exact) mass is 296 g/mol. The van der Waals surface area contributed by atoms with E-state index in [1.54, 1.807) is 0 Å². The Morgan fingerprint density at radius 2 is 1.81 bits per heavy atom. The topological polar surface area (TPSA) is 24.5 Å². The molecule has 1 heterocycles. The average molecular weight is 296 g/mol. The van der Waals surface area contributed by atoms with E-state index in [4.69, 9.17) is 4.74 Å². The first-order chi connectivity index (χ1) is 10.3. The van der Waals surface area contributed by atoms with Crippen molar-refractivity contribution in [2.75, 3.05) is 32.8 Å². The molecule has 3 nitrogen and oxygen atoms in total. The second-order valence-corrected chi connectivity index (χ2v) is 7.00. The van der Waals surface area contributed by atoms with Gasteiger partial charge < -0.3 is 15.0 Å². The first-order valence-electron chi connectivity index (χ1n) is 9.37. The molecule has 0 bridgehead atoms. The van der Waals surface area contributed by atoms with Crippen molar-refractivity contribution in [1.82, 2.24) is 10.2 Å². The lowest BCUT2D eigenvalue weighted by molar-refractivity contribution is 0.0268. The van der Waals surface area contributed by atoms with Gasteiger partial charge in [-0.1, -0.05) is 26.2 Å². The van der Waals surface area contributed by atoms with Gasteiger partial charge in [0, 0.05) is 12.6 Å². The number of hydrogen-bond acceptors (Lipinski definition) is 3. The van der Waals surface area contributed by atoms with E-state index >= 15 is 0 Å². The van der Waals surface area contributed by atoms with Crippen molar-refractivity contribution in [1.29, 1.82) is 0 Å². The molecular weight excluding hydrogens is 260 g/mol. The minimum absolute atomic E-state index is 0.564. The SMILES string of the molecule is CCN1CCC(C(C)NCCCOC2CCCCC2)CC1. The Kier molecular flexibility index (Phi) is 8.05. The Labute approximate surface area is 131 Å². The maximum atomic E-state index is 5.99. The quantitative estimate of drug-likeness (QED) is 0.695. The third-order valence-corrected chi connectivity index (χ3v) is 5.48. The first kappa shape index (κ1) is 17.2. The van der Waals surface area contributed by atoms with E-state index in [0.29, 0.717) is 12.1 Å². The van der Waals surface area contributed by atoms with Crippen molar-refractivity contribution in [3.8, 4) is 0 Å². The van der Waals surface area contributed by atoms with Gasteiger partial charge in [0.1, 0.15) is 0 Å². The minimum Gasteiger partial charge on any atom is -0.378 e. The molecule has 1 aliphatic heterocycles. The Hall–Kier alpha value is -0.120. The number of rotatable bonds is 8. The van der Waals surface area contributed by atoms with Crippen LogP contribution in [-0.2, 0) is 4.74 Å². The van der Waals surface area contributed by atoms with Gasteiger partial charge in [-0.2, -0.15) is 0 Å². The van der Waals surface area contributed by atoms with Crippen LogP contribution >= 0.6 is 0 Å². The maximum absolute atomic E-state index is 5.99. The fraction of sp³-hybridized carbons (Fsp3) is 1.00. The summed E-state index contributed by atoms with van der Waals surface area (Å²) in [6.45, 7) is 10.5. The molecule has 2 rings (SSSR count). The first-order valence-corrected chi connectivity index (χ1v) is 9.37. The predicted molar refractivity (Wildman–Crippen MR) is 89.7 cm³/mol. The minimum atomic E-state index is 0.564. The molecule has 1 N–H and O–H groups in total. The van der Waals surface area contributed by atoms with Gasteiger partial charge in [0.05, 0.1) is 6.10 Å². The van der Waals surface area contributed by atoms with E-state index in [9.17, 15) is 0 Å². The zero-order valence-electron chi connectivity index (χ0n) is 14.3. The van der Waals surface area contributed by atoms with Crippen LogP contribution in [0.1, 0.15) is 65.2 Å². The lowest BCUT2D eigenvalue weighted by Gasteiger charge is -2.34. The van der Waals surface area contributed by atoms with Crippen LogP contribution in [0.25, 0.3) is 0 Å². The van der Waals surface area contributed by atoms with Crippen molar-refractivity contribution in [2.24, 2.45) is 5.92 Å². The molecule has 2 fully saturated rings. The molecule has 2 aliphatic rings. The fourth-order valence-corrected chi connectivity index (χ4v) is 3.82. The van der Waals surface area contributed by atoms with Gasteiger partial charge in [-0.3, -0.25) is 0 Å². The van der Waals surface area contributed by atoms with Crippen LogP contribution in [0.15, 0.2) is 0 Å². The Balaban J connectivity index is 1.48. The van der Waals surface area contributed by atoms with E-state index in [2.05, 4.69) is 24.1 Å². The molecule has 0 amide bonds. The molecule has 0 aromatic rings. The maximum Gasteiger partial charge on any atom is 0.0575 e. The highest BCUT2D eigenvalue weighted by atomic mass is 16.5. The Bertz CT molecular complexity index is 258. The highest BCUT2D eigenvalue weighted by Crippen LogP contribution is 2.21. The lowest BCUT2D eigenvalue weighted by atomic mass is 9.90. The highest BCUT2D eigenvalue weighted by Gasteiger charge is 2.22. The molecule has 21 heavy (non-hydrogen) atoms. The van der Waals surface area contributed by atoms with Crippen LogP contribution in [0.3, 0.4) is 0 Å². The van der Waals surface area contributed by atoms with Gasteiger partial charge in [0.25, 0.3) is 0 Å². The second kappa shape index (κ2) is 9.81. The summed E-state index contributed by atoms with van der Waals surface area (Å²) in [5.74, 6) is 0.868. The summed E-state index contributed by atoms with van der Waals surface area (Å²) in [5, 5.41) is 3.72. The summed E-state index contributed by atoms with van der Waals surface area (Å²) in [5.41, 5.74) is 0. The summed E-state index contributed by atoms with van der Waals surface area (Å²) in [7, 11) is 0. The van der Waals surface area contributed by atoms with E-state index in [0.717, 1.165) is 25.5 Å². The van der Waals surface area contributed by atoms with Gasteiger partial charge in [-0.05, 0) is 71.1 Å². The molecule has 124 valence electrons. The molecule has 1 aliphatic carbocycles. The second-order valence-electron chi connectivity index (χ2n) is 7.00. The van der Waals surface area contributed by atoms with E-state index in [1.165, 1.54) is 64.6 Å². The number of nitrogens with zero attached hydrogens (tertiary/aromatic N) is 1. The summed E-state index contributed by atoms with van der Waals surface area (Å²) in [6.07, 6.45) is 11.2. The van der Waals surface area contributed by atoms with Gasteiger partial charge in [0.15, 0.2) is 0 Å². The molecule has 1 atom stereocenters. The summed E-state index contributed by atoms with van der Waals surface area (Å²) < 4.78 is 5.99. The largest absolute Gasteiger partial charge is 0.378 e. The van der Waals surface area contributed by atoms with Crippen LogP contribution in [-0.4, -0.2) is 49.8 Å². The zero-order chi connectivity index (χ0) is 14.9. The van der Waals surface area contributed by atoms with E-state index in [1.807, 2.05) is 0 Å². The smallest absolute Gasteiger partial charge is 0.0575 e. The normalized spacial score (nSPS) is 24.3. The molecule has 1 saturated carbocycles. The fourth-order valence-electron chi connectivity index (χ4n) is 3.82. The van der Waals surface area contributed by atoms with Crippen molar-refractivity contribution in [3.63, 3.8) is 0 Å². The number of likely N-dealkylation sites (tertiary alicyclic amines) is 1. The summed E-state index contributed by atoms with van der Waals surface area (Å²) in [4.78, 5) is 2.57. The molecular formula is C18H36N2O. The van der Waals surface area contributed by atoms with Crippen LogP contribution in [0, 0.1) is 5.92 Å². The number of piperidine rings is 1. The van der Waals surface area contributed by atoms with Crippen molar-refractivity contribution < 1.29 is 4.74 Å². The van der Waals surface area contributed by atoms with Crippen molar-refractivity contribution in [3.05, 3.63) is 0 Å². The molecule has 0 aromatic carbocycles. The van der Waals surface area contributed by atoms with Crippen LogP contribution < -0.4 is 5.32 Å². The molecule has 1 unspecified atom stereocenters. The molecule has 1 saturated heterocycles. The highest BCUT2D eigenvalue weighted by molar-refractivity contribution is 4.79. The third-order valence-electron chi connectivity index (χ3n) is 5.48. The molecule has 3 heteroatoms. The molecule has 0 spiro atoms. The predicted octanol–water partition coefficient (Wildman–Crippen LogP) is 3.44. The van der Waals surface area contributed by atoms with Crippen LogP contribution in [0.2, 0.25) is 0 Å². The van der Waals surface area contributed by atoms with E-state index < -0.39 is 0 Å². The Morgan fingerprint density at radius 3 is 2.48 bits per heavy atom. The van der Waals surface area contributed by atoms with Gasteiger partial charge in [0.2, 0.25) is 0 Å². The standard InChI is InChI=1S/C18H36N2O/c1-3-20-13-10-17(11-14-20)16(2)19-12-7-15-21-18-8-5-4-6-9-18/h16-19H,3-15H2,1-2H3. The molecule has 0 aromatic heterocycles. The summed E-state index contributed by atoms with van der Waals surface area (Å²) in [6, 6.07) is 0.665. The van der Waals surface area contributed by atoms with E-state index in [-0.39, 0.29) is 0 Å². The molecule has 0 radical (unpaired) electrons. The van der Waals surface area contributed by atoms with Crippen LogP contribution in [0.4, 0.5) is 0 Å². The number of hydrogen-bond donors (Lipinski definition) is 1. The summed E-state index contributed by atoms with van der Waals surface area (Å²) >= 11 is 0. The van der Waals surface area contributed by atoms with Gasteiger partial charge >= 0.3 is 0 Å². The zero-order valence-corrected chi connectivity index (χ0v) is 14.3. The third kappa shape index (κ3) is 6.25. The van der Waals surface area contributed by atoms with Crippen molar-refractivity contribution >= 4 is 0 Å². The number of ether oxygens (including phenoxy) is 1. The van der Waals surface area contributed by atoms with Crippen molar-refractivity contribution in [2.45, 2.75) is 77.4 Å².